The molecule has 3 rings (SSSR count). The van der Waals surface area contributed by atoms with Crippen LogP contribution in [-0.2, 0) is 17.8 Å². The maximum absolute atomic E-state index is 10.9. The van der Waals surface area contributed by atoms with Crippen molar-refractivity contribution < 1.29 is 19.1 Å². The predicted octanol–water partition coefficient (Wildman–Crippen LogP) is 5.25. The third kappa shape index (κ3) is 3.50. The monoisotopic (exact) mass is 364 g/mol. The molecule has 0 unspecified atom stereocenters. The predicted molar refractivity (Wildman–Crippen MR) is 93.1 cm³/mol. The average Bonchev–Trinajstić information content (AvgIpc) is 2.87. The van der Waals surface area contributed by atoms with Crippen LogP contribution in [0.3, 0.4) is 0 Å². The zero-order valence-corrected chi connectivity index (χ0v) is 14.3. The quantitative estimate of drug-likeness (QED) is 0.671. The molecule has 0 fully saturated rings. The number of hydrogen-bond acceptors (Lipinski definition) is 3. The van der Waals surface area contributed by atoms with Crippen LogP contribution in [0.25, 0.3) is 11.0 Å². The molecule has 2 aromatic carbocycles. The molecule has 24 heavy (non-hydrogen) atoms. The maximum atomic E-state index is 10.9. The van der Waals surface area contributed by atoms with E-state index in [1.165, 1.54) is 6.26 Å². The number of furan rings is 1. The van der Waals surface area contributed by atoms with E-state index in [4.69, 9.17) is 37.5 Å². The lowest BCUT2D eigenvalue weighted by Crippen LogP contribution is -2.00. The first-order valence-corrected chi connectivity index (χ1v) is 7.99. The molecule has 0 amide bonds. The Hall–Kier alpha value is -2.17. The molecular weight excluding hydrogens is 351 g/mol. The van der Waals surface area contributed by atoms with Crippen LogP contribution >= 0.6 is 23.2 Å². The summed E-state index contributed by atoms with van der Waals surface area (Å²) in [7, 11) is 0. The SMILES string of the molecule is Cc1cc2c(CC(=O)O)coc2cc1OCc1ccc(Cl)cc1Cl. The highest BCUT2D eigenvalue weighted by Crippen LogP contribution is 2.30. The van der Waals surface area contributed by atoms with Crippen molar-refractivity contribution in [2.75, 3.05) is 0 Å². The number of carbonyl (C=O) groups is 1. The zero-order chi connectivity index (χ0) is 17.3. The van der Waals surface area contributed by atoms with Gasteiger partial charge in [0.15, 0.2) is 0 Å². The van der Waals surface area contributed by atoms with Gasteiger partial charge in [-0.05, 0) is 30.7 Å². The van der Waals surface area contributed by atoms with Gasteiger partial charge in [-0.3, -0.25) is 4.79 Å². The summed E-state index contributed by atoms with van der Waals surface area (Å²) in [5, 5.41) is 10.8. The van der Waals surface area contributed by atoms with Gasteiger partial charge in [-0.1, -0.05) is 29.3 Å². The highest BCUT2D eigenvalue weighted by Gasteiger charge is 2.13. The molecule has 0 spiro atoms. The number of halogens is 2. The molecule has 1 N–H and O–H groups in total. The lowest BCUT2D eigenvalue weighted by Gasteiger charge is -2.11. The molecule has 124 valence electrons. The van der Waals surface area contributed by atoms with Gasteiger partial charge in [-0.2, -0.15) is 0 Å². The van der Waals surface area contributed by atoms with Crippen LogP contribution in [-0.4, -0.2) is 11.1 Å². The van der Waals surface area contributed by atoms with Crippen molar-refractivity contribution in [3.63, 3.8) is 0 Å². The lowest BCUT2D eigenvalue weighted by atomic mass is 10.1. The van der Waals surface area contributed by atoms with Crippen LogP contribution in [0.1, 0.15) is 16.7 Å². The number of rotatable bonds is 5. The smallest absolute Gasteiger partial charge is 0.307 e. The fourth-order valence-corrected chi connectivity index (χ4v) is 2.93. The Bertz CT molecular complexity index is 915. The number of benzene rings is 2. The Balaban J connectivity index is 1.84. The van der Waals surface area contributed by atoms with Crippen molar-refractivity contribution in [1.82, 2.24) is 0 Å². The van der Waals surface area contributed by atoms with Gasteiger partial charge >= 0.3 is 5.97 Å². The van der Waals surface area contributed by atoms with E-state index in [0.717, 1.165) is 16.5 Å². The average molecular weight is 365 g/mol. The van der Waals surface area contributed by atoms with E-state index >= 15 is 0 Å². The maximum Gasteiger partial charge on any atom is 0.307 e. The molecule has 3 aromatic rings. The minimum absolute atomic E-state index is 0.0764. The summed E-state index contributed by atoms with van der Waals surface area (Å²) in [5.74, 6) is -0.238. The van der Waals surface area contributed by atoms with E-state index < -0.39 is 5.97 Å². The molecule has 0 saturated carbocycles. The van der Waals surface area contributed by atoms with Crippen molar-refractivity contribution in [2.45, 2.75) is 20.0 Å². The van der Waals surface area contributed by atoms with Crippen molar-refractivity contribution in [1.29, 1.82) is 0 Å². The first-order chi connectivity index (χ1) is 11.4. The normalized spacial score (nSPS) is 11.0. The molecule has 0 aliphatic heterocycles. The first kappa shape index (κ1) is 16.7. The third-order valence-electron chi connectivity index (χ3n) is 3.69. The van der Waals surface area contributed by atoms with Crippen LogP contribution in [0.15, 0.2) is 41.0 Å². The Morgan fingerprint density at radius 3 is 2.71 bits per heavy atom. The number of hydrogen-bond donors (Lipinski definition) is 1. The highest BCUT2D eigenvalue weighted by atomic mass is 35.5. The number of ether oxygens (including phenoxy) is 1. The van der Waals surface area contributed by atoms with Crippen molar-refractivity contribution in [2.24, 2.45) is 0 Å². The van der Waals surface area contributed by atoms with E-state index in [1.807, 2.05) is 19.1 Å². The second-order valence-corrected chi connectivity index (χ2v) is 6.31. The summed E-state index contributed by atoms with van der Waals surface area (Å²) in [6.07, 6.45) is 1.39. The summed E-state index contributed by atoms with van der Waals surface area (Å²) < 4.78 is 11.3. The molecule has 1 aromatic heterocycles. The second kappa shape index (κ2) is 6.75. The van der Waals surface area contributed by atoms with Crippen molar-refractivity contribution >= 4 is 40.1 Å². The zero-order valence-electron chi connectivity index (χ0n) is 12.8. The summed E-state index contributed by atoms with van der Waals surface area (Å²) >= 11 is 12.0. The molecule has 0 atom stereocenters. The van der Waals surface area contributed by atoms with Gasteiger partial charge in [-0.15, -0.1) is 0 Å². The van der Waals surface area contributed by atoms with E-state index in [9.17, 15) is 4.79 Å². The Morgan fingerprint density at radius 1 is 1.21 bits per heavy atom. The number of aryl methyl sites for hydroxylation is 1. The molecule has 0 aliphatic carbocycles. The van der Waals surface area contributed by atoms with E-state index in [2.05, 4.69) is 0 Å². The minimum atomic E-state index is -0.895. The highest BCUT2D eigenvalue weighted by molar-refractivity contribution is 6.35. The number of aliphatic carboxylic acids is 1. The van der Waals surface area contributed by atoms with Crippen molar-refractivity contribution in [3.05, 3.63) is 63.3 Å². The summed E-state index contributed by atoms with van der Waals surface area (Å²) in [4.78, 5) is 10.9. The summed E-state index contributed by atoms with van der Waals surface area (Å²) in [6, 6.07) is 8.88. The van der Waals surface area contributed by atoms with Crippen molar-refractivity contribution in [3.8, 4) is 5.75 Å². The van der Waals surface area contributed by atoms with Crippen LogP contribution in [0.5, 0.6) is 5.75 Å². The van der Waals surface area contributed by atoms with E-state index in [-0.39, 0.29) is 6.42 Å². The molecule has 0 radical (unpaired) electrons. The van der Waals surface area contributed by atoms with E-state index in [0.29, 0.717) is 33.5 Å². The molecule has 4 nitrogen and oxygen atoms in total. The summed E-state index contributed by atoms with van der Waals surface area (Å²) in [5.41, 5.74) is 2.95. The van der Waals surface area contributed by atoms with Crippen LogP contribution < -0.4 is 4.74 Å². The Morgan fingerprint density at radius 2 is 2.00 bits per heavy atom. The van der Waals surface area contributed by atoms with E-state index in [1.54, 1.807) is 18.2 Å². The molecule has 0 saturated heterocycles. The third-order valence-corrected chi connectivity index (χ3v) is 4.28. The first-order valence-electron chi connectivity index (χ1n) is 7.23. The van der Waals surface area contributed by atoms with Crippen LogP contribution in [0, 0.1) is 6.92 Å². The number of fused-ring (bicyclic) bond motifs is 1. The number of carboxylic acids is 1. The standard InChI is InChI=1S/C18H14Cl2O4/c1-10-4-14-12(5-18(21)22)9-24-17(14)7-16(10)23-8-11-2-3-13(19)6-15(11)20/h2-4,6-7,9H,5,8H2,1H3,(H,21,22). The van der Waals surface area contributed by atoms with Gasteiger partial charge in [0.25, 0.3) is 0 Å². The molecule has 0 bridgehead atoms. The Labute approximate surface area is 148 Å². The Kier molecular flexibility index (Phi) is 4.69. The topological polar surface area (TPSA) is 59.7 Å². The van der Waals surface area contributed by atoms with Crippen LogP contribution in [0.2, 0.25) is 10.0 Å². The number of carboxylic acid groups (broad SMARTS) is 1. The van der Waals surface area contributed by atoms with Gasteiger partial charge in [0.1, 0.15) is 17.9 Å². The van der Waals surface area contributed by atoms with Gasteiger partial charge in [0, 0.05) is 32.6 Å². The second-order valence-electron chi connectivity index (χ2n) is 5.47. The molecule has 1 heterocycles. The lowest BCUT2D eigenvalue weighted by molar-refractivity contribution is -0.136. The van der Waals surface area contributed by atoms with Gasteiger partial charge in [-0.25, -0.2) is 0 Å². The van der Waals surface area contributed by atoms with Gasteiger partial charge in [0.2, 0.25) is 0 Å². The van der Waals surface area contributed by atoms with Gasteiger partial charge < -0.3 is 14.3 Å². The van der Waals surface area contributed by atoms with Gasteiger partial charge in [0.05, 0.1) is 12.7 Å². The minimum Gasteiger partial charge on any atom is -0.488 e. The van der Waals surface area contributed by atoms with Crippen LogP contribution in [0.4, 0.5) is 0 Å². The summed E-state index contributed by atoms with van der Waals surface area (Å²) in [6.45, 7) is 2.20. The molecular formula is C18H14Cl2O4. The largest absolute Gasteiger partial charge is 0.488 e. The molecule has 0 aliphatic rings. The molecule has 6 heteroatoms. The fourth-order valence-electron chi connectivity index (χ4n) is 2.47. The fraction of sp³-hybridized carbons (Fsp3) is 0.167.